The van der Waals surface area contributed by atoms with Crippen molar-refractivity contribution in [3.8, 4) is 0 Å². The number of halogens is 3. The maximum absolute atomic E-state index is 13.6. The topological polar surface area (TPSA) is 74.8 Å². The molecule has 2 amide bonds. The highest BCUT2D eigenvalue weighted by molar-refractivity contribution is 9.10. The summed E-state index contributed by atoms with van der Waals surface area (Å²) in [6, 6.07) is 17.8. The monoisotopic (exact) mass is 566 g/mol. The summed E-state index contributed by atoms with van der Waals surface area (Å²) in [5, 5.41) is 0.732. The van der Waals surface area contributed by atoms with Gasteiger partial charge in [0.1, 0.15) is 6.04 Å². The Morgan fingerprint density at radius 3 is 2.21 bits per heavy atom. The van der Waals surface area contributed by atoms with E-state index in [1.165, 1.54) is 24.3 Å². The van der Waals surface area contributed by atoms with Crippen molar-refractivity contribution in [1.29, 1.82) is 0 Å². The summed E-state index contributed by atoms with van der Waals surface area (Å²) >= 11 is 15.5. The second kappa shape index (κ2) is 9.56. The van der Waals surface area contributed by atoms with Crippen LogP contribution in [0, 0.1) is 0 Å². The van der Waals surface area contributed by atoms with E-state index < -0.39 is 27.9 Å². The number of carbonyl (C=O) groups is 2. The number of rotatable bonds is 6. The van der Waals surface area contributed by atoms with Gasteiger partial charge in [-0.15, -0.1) is 0 Å². The SMILES string of the molecule is O=C1CC(N(Cc2ccccc2Cl)S(=O)(=O)c2ccc(Cl)cc2)C(=O)N1c1ccc(Br)cc1. The molecule has 3 aromatic carbocycles. The van der Waals surface area contributed by atoms with Crippen molar-refractivity contribution in [3.05, 3.63) is 92.9 Å². The van der Waals surface area contributed by atoms with Crippen LogP contribution in [0.5, 0.6) is 0 Å². The Bertz CT molecular complexity index is 1320. The third-order valence-electron chi connectivity index (χ3n) is 5.26. The van der Waals surface area contributed by atoms with Crippen LogP contribution in [0.15, 0.2) is 82.2 Å². The van der Waals surface area contributed by atoms with Gasteiger partial charge in [-0.3, -0.25) is 9.59 Å². The van der Waals surface area contributed by atoms with E-state index >= 15 is 0 Å². The van der Waals surface area contributed by atoms with E-state index in [0.717, 1.165) is 13.7 Å². The smallest absolute Gasteiger partial charge is 0.252 e. The molecule has 0 N–H and O–H groups in total. The van der Waals surface area contributed by atoms with Gasteiger partial charge in [0, 0.05) is 21.1 Å². The van der Waals surface area contributed by atoms with E-state index in [1.807, 2.05) is 0 Å². The Balaban J connectivity index is 1.77. The van der Waals surface area contributed by atoms with Crippen molar-refractivity contribution in [2.45, 2.75) is 23.9 Å². The zero-order chi connectivity index (χ0) is 23.8. The van der Waals surface area contributed by atoms with E-state index in [9.17, 15) is 18.0 Å². The quantitative estimate of drug-likeness (QED) is 0.380. The van der Waals surface area contributed by atoms with Crippen LogP contribution < -0.4 is 4.90 Å². The number of hydrogen-bond acceptors (Lipinski definition) is 4. The van der Waals surface area contributed by atoms with Crippen molar-refractivity contribution in [2.75, 3.05) is 4.90 Å². The molecule has 0 aliphatic carbocycles. The van der Waals surface area contributed by atoms with Crippen LogP contribution in [0.4, 0.5) is 5.69 Å². The van der Waals surface area contributed by atoms with Crippen LogP contribution in [0.25, 0.3) is 0 Å². The van der Waals surface area contributed by atoms with E-state index in [1.54, 1.807) is 48.5 Å². The number of nitrogens with zero attached hydrogens (tertiary/aromatic N) is 2. The fourth-order valence-corrected chi connectivity index (χ4v) is 5.75. The summed E-state index contributed by atoms with van der Waals surface area (Å²) in [5.74, 6) is -1.10. The summed E-state index contributed by atoms with van der Waals surface area (Å²) in [5.41, 5.74) is 0.885. The molecule has 1 fully saturated rings. The van der Waals surface area contributed by atoms with E-state index in [2.05, 4.69) is 15.9 Å². The van der Waals surface area contributed by atoms with Gasteiger partial charge in [0.05, 0.1) is 17.0 Å². The third kappa shape index (κ3) is 4.85. The Morgan fingerprint density at radius 2 is 1.58 bits per heavy atom. The van der Waals surface area contributed by atoms with Gasteiger partial charge >= 0.3 is 0 Å². The first kappa shape index (κ1) is 23.9. The highest BCUT2D eigenvalue weighted by atomic mass is 79.9. The predicted octanol–water partition coefficient (Wildman–Crippen LogP) is 5.28. The first-order valence-electron chi connectivity index (χ1n) is 9.81. The normalized spacial score (nSPS) is 16.6. The van der Waals surface area contributed by atoms with Gasteiger partial charge in [-0.1, -0.05) is 57.3 Å². The minimum absolute atomic E-state index is 0.0405. The van der Waals surface area contributed by atoms with Gasteiger partial charge in [0.2, 0.25) is 15.9 Å². The molecule has 170 valence electrons. The number of hydrogen-bond donors (Lipinski definition) is 0. The van der Waals surface area contributed by atoms with Crippen LogP contribution in [0.2, 0.25) is 10.0 Å². The van der Waals surface area contributed by atoms with Crippen LogP contribution in [0.1, 0.15) is 12.0 Å². The Labute approximate surface area is 209 Å². The standard InChI is InChI=1S/C23H17BrCl2N2O4S/c24-16-5-9-18(10-6-16)28-22(29)13-21(23(28)30)27(14-15-3-1-2-4-20(15)26)33(31,32)19-11-7-17(25)8-12-19/h1-12,21H,13-14H2. The zero-order valence-corrected chi connectivity index (χ0v) is 20.9. The van der Waals surface area contributed by atoms with Gasteiger partial charge in [-0.25, -0.2) is 13.3 Å². The molecule has 1 aliphatic heterocycles. The van der Waals surface area contributed by atoms with Gasteiger partial charge in [0.25, 0.3) is 5.91 Å². The van der Waals surface area contributed by atoms with Crippen molar-refractivity contribution >= 4 is 66.7 Å². The molecule has 6 nitrogen and oxygen atoms in total. The molecule has 1 atom stereocenters. The molecule has 0 bridgehead atoms. The molecular formula is C23H17BrCl2N2O4S. The molecule has 33 heavy (non-hydrogen) atoms. The van der Waals surface area contributed by atoms with Gasteiger partial charge in [0.15, 0.2) is 0 Å². The Hall–Kier alpha value is -2.23. The van der Waals surface area contributed by atoms with Gasteiger partial charge in [-0.2, -0.15) is 4.31 Å². The van der Waals surface area contributed by atoms with Crippen LogP contribution >= 0.6 is 39.1 Å². The molecule has 4 rings (SSSR count). The van der Waals surface area contributed by atoms with E-state index in [4.69, 9.17) is 23.2 Å². The number of imide groups is 1. The first-order chi connectivity index (χ1) is 15.7. The minimum atomic E-state index is -4.18. The van der Waals surface area contributed by atoms with E-state index in [-0.39, 0.29) is 17.9 Å². The second-order valence-electron chi connectivity index (χ2n) is 7.36. The lowest BCUT2D eigenvalue weighted by Gasteiger charge is -2.27. The molecule has 1 heterocycles. The molecule has 0 aromatic heterocycles. The summed E-state index contributed by atoms with van der Waals surface area (Å²) in [6.45, 7) is -0.178. The lowest BCUT2D eigenvalue weighted by atomic mass is 10.2. The lowest BCUT2D eigenvalue weighted by Crippen LogP contribution is -2.45. The summed E-state index contributed by atoms with van der Waals surface area (Å²) in [7, 11) is -4.18. The first-order valence-corrected chi connectivity index (χ1v) is 12.8. The average molecular weight is 568 g/mol. The molecular weight excluding hydrogens is 551 g/mol. The molecule has 1 unspecified atom stereocenters. The number of benzene rings is 3. The molecule has 3 aromatic rings. The molecule has 1 aliphatic rings. The van der Waals surface area contributed by atoms with Crippen LogP contribution in [-0.2, 0) is 26.2 Å². The van der Waals surface area contributed by atoms with Crippen molar-refractivity contribution in [3.63, 3.8) is 0 Å². The van der Waals surface area contributed by atoms with Crippen molar-refractivity contribution < 1.29 is 18.0 Å². The van der Waals surface area contributed by atoms with Gasteiger partial charge in [-0.05, 0) is 60.2 Å². The van der Waals surface area contributed by atoms with Crippen molar-refractivity contribution in [2.24, 2.45) is 0 Å². The highest BCUT2D eigenvalue weighted by Gasteiger charge is 2.47. The Morgan fingerprint density at radius 1 is 0.939 bits per heavy atom. The predicted molar refractivity (Wildman–Crippen MR) is 131 cm³/mol. The molecule has 10 heteroatoms. The molecule has 0 spiro atoms. The average Bonchev–Trinajstić information content (AvgIpc) is 3.07. The largest absolute Gasteiger partial charge is 0.274 e. The molecule has 1 saturated heterocycles. The zero-order valence-electron chi connectivity index (χ0n) is 17.0. The molecule has 0 radical (unpaired) electrons. The Kier molecular flexibility index (Phi) is 6.93. The summed E-state index contributed by atoms with van der Waals surface area (Å²) in [4.78, 5) is 27.2. The maximum atomic E-state index is 13.6. The number of sulfonamides is 1. The van der Waals surface area contributed by atoms with Crippen molar-refractivity contribution in [1.82, 2.24) is 4.31 Å². The lowest BCUT2D eigenvalue weighted by molar-refractivity contribution is -0.122. The number of anilines is 1. The van der Waals surface area contributed by atoms with Crippen LogP contribution in [0.3, 0.4) is 0 Å². The number of amides is 2. The summed E-state index contributed by atoms with van der Waals surface area (Å²) < 4.78 is 29.1. The minimum Gasteiger partial charge on any atom is -0.274 e. The maximum Gasteiger partial charge on any atom is 0.252 e. The van der Waals surface area contributed by atoms with Gasteiger partial charge < -0.3 is 0 Å². The third-order valence-corrected chi connectivity index (χ3v) is 8.28. The van der Waals surface area contributed by atoms with E-state index in [0.29, 0.717) is 21.3 Å². The second-order valence-corrected chi connectivity index (χ2v) is 11.0. The fraction of sp³-hybridized carbons (Fsp3) is 0.130. The summed E-state index contributed by atoms with van der Waals surface area (Å²) in [6.07, 6.45) is -0.286. The van der Waals surface area contributed by atoms with Crippen LogP contribution in [-0.4, -0.2) is 30.6 Å². The highest BCUT2D eigenvalue weighted by Crippen LogP contribution is 2.32. The number of carbonyl (C=O) groups excluding carboxylic acids is 2. The molecule has 0 saturated carbocycles. The fourth-order valence-electron chi connectivity index (χ4n) is 3.60.